The minimum absolute atomic E-state index is 0.172. The third kappa shape index (κ3) is 2.83. The summed E-state index contributed by atoms with van der Waals surface area (Å²) in [6, 6.07) is 11.2. The SMILES string of the molecule is Cc1cccc(NS(=O)(=O)c2cccnc2C#N)c1C#N. The lowest BCUT2D eigenvalue weighted by molar-refractivity contribution is 0.600. The average molecular weight is 298 g/mol. The molecule has 1 heterocycles. The van der Waals surface area contributed by atoms with Gasteiger partial charge in [0.2, 0.25) is 0 Å². The maximum absolute atomic E-state index is 12.3. The van der Waals surface area contributed by atoms with E-state index in [0.29, 0.717) is 5.56 Å². The van der Waals surface area contributed by atoms with Crippen molar-refractivity contribution >= 4 is 15.7 Å². The number of hydrogen-bond acceptors (Lipinski definition) is 5. The Labute approximate surface area is 122 Å². The number of aryl methyl sites for hydroxylation is 1. The van der Waals surface area contributed by atoms with Crippen LogP contribution in [0.5, 0.6) is 0 Å². The van der Waals surface area contributed by atoms with E-state index in [2.05, 4.69) is 9.71 Å². The van der Waals surface area contributed by atoms with Crippen LogP contribution < -0.4 is 4.72 Å². The molecule has 2 rings (SSSR count). The fraction of sp³-hybridized carbons (Fsp3) is 0.0714. The van der Waals surface area contributed by atoms with E-state index in [4.69, 9.17) is 10.5 Å². The highest BCUT2D eigenvalue weighted by atomic mass is 32.2. The average Bonchev–Trinajstić information content (AvgIpc) is 2.47. The molecule has 7 heteroatoms. The van der Waals surface area contributed by atoms with Gasteiger partial charge in [0.25, 0.3) is 10.0 Å². The largest absolute Gasteiger partial charge is 0.278 e. The molecular weight excluding hydrogens is 288 g/mol. The van der Waals surface area contributed by atoms with Crippen molar-refractivity contribution in [3.63, 3.8) is 0 Å². The van der Waals surface area contributed by atoms with E-state index in [-0.39, 0.29) is 21.8 Å². The van der Waals surface area contributed by atoms with Crippen LogP contribution in [0.15, 0.2) is 41.4 Å². The zero-order valence-corrected chi connectivity index (χ0v) is 11.8. The number of hydrogen-bond donors (Lipinski definition) is 1. The van der Waals surface area contributed by atoms with E-state index in [9.17, 15) is 8.42 Å². The molecule has 0 saturated heterocycles. The predicted molar refractivity (Wildman–Crippen MR) is 75.7 cm³/mol. The normalized spacial score (nSPS) is 10.4. The molecule has 2 aromatic rings. The molecule has 0 spiro atoms. The van der Waals surface area contributed by atoms with Crippen LogP contribution in [0, 0.1) is 29.6 Å². The molecule has 21 heavy (non-hydrogen) atoms. The zero-order valence-electron chi connectivity index (χ0n) is 11.0. The van der Waals surface area contributed by atoms with Gasteiger partial charge in [-0.2, -0.15) is 10.5 Å². The molecule has 6 nitrogen and oxygen atoms in total. The third-order valence-corrected chi connectivity index (χ3v) is 4.19. The van der Waals surface area contributed by atoms with Crippen molar-refractivity contribution in [1.29, 1.82) is 10.5 Å². The van der Waals surface area contributed by atoms with Crippen molar-refractivity contribution in [3.05, 3.63) is 53.3 Å². The van der Waals surface area contributed by atoms with Crippen LogP contribution in [0.1, 0.15) is 16.8 Å². The summed E-state index contributed by atoms with van der Waals surface area (Å²) in [4.78, 5) is 3.50. The molecule has 0 aliphatic heterocycles. The van der Waals surface area contributed by atoms with Crippen molar-refractivity contribution in [2.24, 2.45) is 0 Å². The number of pyridine rings is 1. The second-order valence-electron chi connectivity index (χ2n) is 4.18. The number of anilines is 1. The smallest absolute Gasteiger partial charge is 0.264 e. The molecule has 0 saturated carbocycles. The van der Waals surface area contributed by atoms with Crippen molar-refractivity contribution in [2.45, 2.75) is 11.8 Å². The second-order valence-corrected chi connectivity index (χ2v) is 5.83. The molecule has 0 radical (unpaired) electrons. The number of sulfonamides is 1. The Morgan fingerprint density at radius 1 is 1.14 bits per heavy atom. The van der Waals surface area contributed by atoms with Gasteiger partial charge in [0.1, 0.15) is 17.0 Å². The lowest BCUT2D eigenvalue weighted by atomic mass is 10.1. The van der Waals surface area contributed by atoms with Gasteiger partial charge in [-0.25, -0.2) is 13.4 Å². The first kappa shape index (κ1) is 14.5. The molecule has 0 aliphatic rings. The topological polar surface area (TPSA) is 107 Å². The van der Waals surface area contributed by atoms with Crippen LogP contribution in [0.25, 0.3) is 0 Å². The molecule has 0 amide bonds. The highest BCUT2D eigenvalue weighted by molar-refractivity contribution is 7.92. The zero-order chi connectivity index (χ0) is 15.5. The molecule has 0 unspecified atom stereocenters. The molecule has 0 bridgehead atoms. The summed E-state index contributed by atoms with van der Waals surface area (Å²) < 4.78 is 27.0. The Morgan fingerprint density at radius 2 is 1.90 bits per heavy atom. The first-order valence-electron chi connectivity index (χ1n) is 5.87. The molecule has 104 valence electrons. The Morgan fingerprint density at radius 3 is 2.57 bits per heavy atom. The summed E-state index contributed by atoms with van der Waals surface area (Å²) in [5.41, 5.74) is 0.870. The van der Waals surface area contributed by atoms with E-state index in [1.165, 1.54) is 24.4 Å². The summed E-state index contributed by atoms with van der Waals surface area (Å²) in [6.45, 7) is 1.71. The van der Waals surface area contributed by atoms with Crippen molar-refractivity contribution in [3.8, 4) is 12.1 Å². The first-order valence-corrected chi connectivity index (χ1v) is 7.35. The van der Waals surface area contributed by atoms with E-state index < -0.39 is 10.0 Å². The van der Waals surface area contributed by atoms with E-state index in [1.54, 1.807) is 25.1 Å². The Hall–Kier alpha value is -2.90. The Kier molecular flexibility index (Phi) is 3.88. The van der Waals surface area contributed by atoms with Gasteiger partial charge in [-0.1, -0.05) is 12.1 Å². The van der Waals surface area contributed by atoms with Crippen molar-refractivity contribution < 1.29 is 8.42 Å². The monoisotopic (exact) mass is 298 g/mol. The number of nitriles is 2. The van der Waals surface area contributed by atoms with Crippen molar-refractivity contribution in [2.75, 3.05) is 4.72 Å². The lowest BCUT2D eigenvalue weighted by Gasteiger charge is -2.11. The summed E-state index contributed by atoms with van der Waals surface area (Å²) >= 11 is 0. The van der Waals surface area contributed by atoms with Gasteiger partial charge in [-0.15, -0.1) is 0 Å². The summed E-state index contributed by atoms with van der Waals surface area (Å²) in [7, 11) is -3.99. The molecule has 1 aromatic heterocycles. The highest BCUT2D eigenvalue weighted by Gasteiger charge is 2.21. The fourth-order valence-corrected chi connectivity index (χ4v) is 2.97. The third-order valence-electron chi connectivity index (χ3n) is 2.80. The summed E-state index contributed by atoms with van der Waals surface area (Å²) in [5.74, 6) is 0. The molecule has 0 aliphatic carbocycles. The molecule has 1 aromatic carbocycles. The number of benzene rings is 1. The van der Waals surface area contributed by atoms with E-state index in [0.717, 1.165) is 0 Å². The van der Waals surface area contributed by atoms with Crippen LogP contribution in [0.4, 0.5) is 5.69 Å². The predicted octanol–water partition coefficient (Wildman–Crippen LogP) is 1.93. The second kappa shape index (κ2) is 5.61. The molecule has 0 atom stereocenters. The van der Waals surface area contributed by atoms with Crippen LogP contribution in [0.2, 0.25) is 0 Å². The maximum atomic E-state index is 12.3. The number of rotatable bonds is 3. The Bertz CT molecular complexity index is 877. The highest BCUT2D eigenvalue weighted by Crippen LogP contribution is 2.23. The first-order chi connectivity index (χ1) is 9.99. The van der Waals surface area contributed by atoms with Crippen LogP contribution in [-0.4, -0.2) is 13.4 Å². The number of nitrogens with zero attached hydrogens (tertiary/aromatic N) is 3. The quantitative estimate of drug-likeness (QED) is 0.931. The number of aromatic nitrogens is 1. The van der Waals surface area contributed by atoms with E-state index in [1.807, 2.05) is 6.07 Å². The van der Waals surface area contributed by atoms with Gasteiger partial charge in [0.05, 0.1) is 11.3 Å². The molecule has 1 N–H and O–H groups in total. The van der Waals surface area contributed by atoms with Crippen LogP contribution >= 0.6 is 0 Å². The summed E-state index contributed by atoms with van der Waals surface area (Å²) in [5, 5.41) is 18.1. The van der Waals surface area contributed by atoms with Gasteiger partial charge < -0.3 is 0 Å². The van der Waals surface area contributed by atoms with Crippen molar-refractivity contribution in [1.82, 2.24) is 4.98 Å². The standard InChI is InChI=1S/C14H10N4O2S/c1-10-4-2-5-12(11(10)8-15)18-21(19,20)14-6-3-7-17-13(14)9-16/h2-7,18H,1H3. The van der Waals surface area contributed by atoms with Crippen LogP contribution in [0.3, 0.4) is 0 Å². The van der Waals surface area contributed by atoms with Gasteiger partial charge >= 0.3 is 0 Å². The molecule has 0 fully saturated rings. The minimum atomic E-state index is -3.99. The molecular formula is C14H10N4O2S. The van der Waals surface area contributed by atoms with Gasteiger partial charge in [0.15, 0.2) is 5.69 Å². The van der Waals surface area contributed by atoms with Gasteiger partial charge in [0, 0.05) is 6.20 Å². The van der Waals surface area contributed by atoms with E-state index >= 15 is 0 Å². The fourth-order valence-electron chi connectivity index (χ4n) is 1.79. The summed E-state index contributed by atoms with van der Waals surface area (Å²) in [6.07, 6.45) is 1.34. The maximum Gasteiger partial charge on any atom is 0.264 e. The minimum Gasteiger partial charge on any atom is -0.278 e. The number of nitrogens with one attached hydrogen (secondary N) is 1. The Balaban J connectivity index is 2.52. The lowest BCUT2D eigenvalue weighted by Crippen LogP contribution is -2.16. The van der Waals surface area contributed by atoms with Gasteiger partial charge in [-0.05, 0) is 30.7 Å². The van der Waals surface area contributed by atoms with Gasteiger partial charge in [-0.3, -0.25) is 4.72 Å². The van der Waals surface area contributed by atoms with Crippen LogP contribution in [-0.2, 0) is 10.0 Å².